The molecule has 0 aliphatic rings. The zero-order valence-electron chi connectivity index (χ0n) is 9.36. The molecular weight excluding hydrogens is 200 g/mol. The number of ether oxygens (including phenoxy) is 2. The van der Waals surface area contributed by atoms with Crippen LogP contribution >= 0.6 is 0 Å². The molecule has 5 nitrogen and oxygen atoms in total. The van der Waals surface area contributed by atoms with Gasteiger partial charge in [-0.1, -0.05) is 6.92 Å². The van der Waals surface area contributed by atoms with E-state index in [0.717, 1.165) is 0 Å². The summed E-state index contributed by atoms with van der Waals surface area (Å²) in [6.45, 7) is 5.12. The van der Waals surface area contributed by atoms with Gasteiger partial charge in [-0.3, -0.25) is 9.59 Å². The molecule has 15 heavy (non-hydrogen) atoms. The molecule has 0 fully saturated rings. The minimum Gasteiger partial charge on any atom is -0.466 e. The Bertz CT molecular complexity index is 212. The Morgan fingerprint density at radius 3 is 2.33 bits per heavy atom. The third kappa shape index (κ3) is 6.06. The zero-order chi connectivity index (χ0) is 11.8. The Balaban J connectivity index is 4.08. The van der Waals surface area contributed by atoms with Crippen molar-refractivity contribution < 1.29 is 24.2 Å². The monoisotopic (exact) mass is 218 g/mol. The average molecular weight is 218 g/mol. The molecule has 0 spiro atoms. The number of carbonyl (C=O) groups is 2. The Labute approximate surface area is 89.4 Å². The largest absolute Gasteiger partial charge is 0.466 e. The Hall–Kier alpha value is -1.10. The van der Waals surface area contributed by atoms with Crippen LogP contribution in [0.2, 0.25) is 0 Å². The minimum absolute atomic E-state index is 0.0553. The summed E-state index contributed by atoms with van der Waals surface area (Å²) in [4.78, 5) is 22.4. The van der Waals surface area contributed by atoms with E-state index < -0.39 is 24.1 Å². The Kier molecular flexibility index (Phi) is 6.70. The molecule has 0 radical (unpaired) electrons. The van der Waals surface area contributed by atoms with E-state index in [1.807, 2.05) is 0 Å². The van der Waals surface area contributed by atoms with Gasteiger partial charge in [0.1, 0.15) is 0 Å². The first-order valence-electron chi connectivity index (χ1n) is 5.05. The normalized spacial score (nSPS) is 14.1. The van der Waals surface area contributed by atoms with Crippen LogP contribution in [0.25, 0.3) is 0 Å². The number of aliphatic hydroxyl groups is 1. The maximum Gasteiger partial charge on any atom is 0.309 e. The fraction of sp³-hybridized carbons (Fsp3) is 0.800. The highest BCUT2D eigenvalue weighted by molar-refractivity contribution is 5.79. The molecule has 0 bridgehead atoms. The van der Waals surface area contributed by atoms with Gasteiger partial charge in [0.2, 0.25) is 0 Å². The molecule has 0 aliphatic carbocycles. The van der Waals surface area contributed by atoms with E-state index in [4.69, 9.17) is 9.84 Å². The summed E-state index contributed by atoms with van der Waals surface area (Å²) in [6.07, 6.45) is -0.689. The number of rotatable bonds is 6. The van der Waals surface area contributed by atoms with Gasteiger partial charge in [0.25, 0.3) is 0 Å². The first-order valence-corrected chi connectivity index (χ1v) is 5.05. The third-order valence-corrected chi connectivity index (χ3v) is 1.83. The van der Waals surface area contributed by atoms with Gasteiger partial charge in [0, 0.05) is 0 Å². The second-order valence-corrected chi connectivity index (χ2v) is 3.15. The second kappa shape index (κ2) is 7.23. The predicted molar refractivity (Wildman–Crippen MR) is 52.8 cm³/mol. The molecule has 1 N–H and O–H groups in total. The van der Waals surface area contributed by atoms with Gasteiger partial charge in [-0.25, -0.2) is 0 Å². The number of esters is 2. The number of hydrogen-bond donors (Lipinski definition) is 1. The van der Waals surface area contributed by atoms with Crippen LogP contribution in [-0.4, -0.2) is 29.9 Å². The van der Waals surface area contributed by atoms with Crippen LogP contribution in [0.3, 0.4) is 0 Å². The molecule has 0 aliphatic heterocycles. The molecule has 0 heterocycles. The molecule has 2 unspecified atom stereocenters. The molecule has 2 atom stereocenters. The molecular formula is C10H18O5. The van der Waals surface area contributed by atoms with Crippen LogP contribution in [0, 0.1) is 5.92 Å². The van der Waals surface area contributed by atoms with Crippen molar-refractivity contribution in [2.45, 2.75) is 39.9 Å². The number of aliphatic hydroxyl groups excluding tert-OH is 1. The van der Waals surface area contributed by atoms with Crippen LogP contribution < -0.4 is 0 Å². The summed E-state index contributed by atoms with van der Waals surface area (Å²) >= 11 is 0. The van der Waals surface area contributed by atoms with Crippen molar-refractivity contribution >= 4 is 11.9 Å². The van der Waals surface area contributed by atoms with Gasteiger partial charge in [0.15, 0.2) is 6.29 Å². The molecule has 88 valence electrons. The molecule has 0 aromatic carbocycles. The zero-order valence-corrected chi connectivity index (χ0v) is 9.36. The van der Waals surface area contributed by atoms with Crippen LogP contribution in [0.1, 0.15) is 33.6 Å². The number of hydrogen-bond acceptors (Lipinski definition) is 5. The highest BCUT2D eigenvalue weighted by Crippen LogP contribution is 2.12. The molecule has 0 aromatic heterocycles. The summed E-state index contributed by atoms with van der Waals surface area (Å²) in [5.74, 6) is -1.48. The maximum absolute atomic E-state index is 11.3. The van der Waals surface area contributed by atoms with Crippen LogP contribution in [0.4, 0.5) is 0 Å². The minimum atomic E-state index is -1.14. The summed E-state index contributed by atoms with van der Waals surface area (Å²) in [5, 5.41) is 8.79. The average Bonchev–Trinajstić information content (AvgIpc) is 2.13. The quantitative estimate of drug-likeness (QED) is 0.528. The van der Waals surface area contributed by atoms with E-state index in [1.54, 1.807) is 13.8 Å². The van der Waals surface area contributed by atoms with Crippen LogP contribution in [0.15, 0.2) is 0 Å². The van der Waals surface area contributed by atoms with Crippen molar-refractivity contribution in [1.82, 2.24) is 0 Å². The lowest BCUT2D eigenvalue weighted by Crippen LogP contribution is -2.23. The van der Waals surface area contributed by atoms with E-state index in [2.05, 4.69) is 4.74 Å². The van der Waals surface area contributed by atoms with Gasteiger partial charge in [-0.15, -0.1) is 0 Å². The SMILES string of the molecule is CCOC(=O)C(CC)CC(=O)OC(C)O. The van der Waals surface area contributed by atoms with Crippen LogP contribution in [-0.2, 0) is 19.1 Å². The number of carbonyl (C=O) groups excluding carboxylic acids is 2. The predicted octanol–water partition coefficient (Wildman–Crippen LogP) is 0.847. The molecule has 0 amide bonds. The van der Waals surface area contributed by atoms with Gasteiger partial charge in [-0.05, 0) is 20.3 Å². The first-order chi connectivity index (χ1) is 7.01. The molecule has 0 aromatic rings. The van der Waals surface area contributed by atoms with E-state index in [-0.39, 0.29) is 6.42 Å². The Morgan fingerprint density at radius 2 is 1.93 bits per heavy atom. The Morgan fingerprint density at radius 1 is 1.33 bits per heavy atom. The molecule has 0 saturated heterocycles. The van der Waals surface area contributed by atoms with Crippen molar-refractivity contribution in [3.8, 4) is 0 Å². The van der Waals surface area contributed by atoms with E-state index >= 15 is 0 Å². The highest BCUT2D eigenvalue weighted by atomic mass is 16.6. The lowest BCUT2D eigenvalue weighted by molar-refractivity contribution is -0.169. The van der Waals surface area contributed by atoms with Gasteiger partial charge in [-0.2, -0.15) is 0 Å². The van der Waals surface area contributed by atoms with Gasteiger partial charge in [0.05, 0.1) is 18.9 Å². The topological polar surface area (TPSA) is 72.8 Å². The first kappa shape index (κ1) is 13.9. The molecule has 0 saturated carbocycles. The fourth-order valence-electron chi connectivity index (χ4n) is 1.09. The molecule has 0 rings (SSSR count). The summed E-state index contributed by atoms with van der Waals surface area (Å²) in [5.41, 5.74) is 0. The van der Waals surface area contributed by atoms with Gasteiger partial charge < -0.3 is 14.6 Å². The smallest absolute Gasteiger partial charge is 0.309 e. The third-order valence-electron chi connectivity index (χ3n) is 1.83. The van der Waals surface area contributed by atoms with Crippen molar-refractivity contribution in [3.63, 3.8) is 0 Å². The van der Waals surface area contributed by atoms with E-state index in [1.165, 1.54) is 6.92 Å². The van der Waals surface area contributed by atoms with Crippen molar-refractivity contribution in [3.05, 3.63) is 0 Å². The highest BCUT2D eigenvalue weighted by Gasteiger charge is 2.22. The van der Waals surface area contributed by atoms with Crippen molar-refractivity contribution in [1.29, 1.82) is 0 Å². The van der Waals surface area contributed by atoms with Crippen molar-refractivity contribution in [2.75, 3.05) is 6.61 Å². The van der Waals surface area contributed by atoms with Crippen LogP contribution in [0.5, 0.6) is 0 Å². The standard InChI is InChI=1S/C10H18O5/c1-4-8(10(13)14-5-2)6-9(12)15-7(3)11/h7-8,11H,4-6H2,1-3H3. The van der Waals surface area contributed by atoms with E-state index in [0.29, 0.717) is 13.0 Å². The maximum atomic E-state index is 11.3. The molecule has 5 heteroatoms. The van der Waals surface area contributed by atoms with Gasteiger partial charge >= 0.3 is 11.9 Å². The second-order valence-electron chi connectivity index (χ2n) is 3.15. The lowest BCUT2D eigenvalue weighted by atomic mass is 10.0. The summed E-state index contributed by atoms with van der Waals surface area (Å²) in [7, 11) is 0. The van der Waals surface area contributed by atoms with E-state index in [9.17, 15) is 9.59 Å². The summed E-state index contributed by atoms with van der Waals surface area (Å²) in [6, 6.07) is 0. The summed E-state index contributed by atoms with van der Waals surface area (Å²) < 4.78 is 9.31. The van der Waals surface area contributed by atoms with Crippen molar-refractivity contribution in [2.24, 2.45) is 5.92 Å². The fourth-order valence-corrected chi connectivity index (χ4v) is 1.09. The lowest BCUT2D eigenvalue weighted by Gasteiger charge is -2.13.